The maximum absolute atomic E-state index is 13.3. The predicted octanol–water partition coefficient (Wildman–Crippen LogP) is 2.98. The fourth-order valence-corrected chi connectivity index (χ4v) is 4.83. The molecule has 2 aliphatic heterocycles. The first kappa shape index (κ1) is 20.6. The number of piperidine rings is 2. The van der Waals surface area contributed by atoms with Gasteiger partial charge in [-0.2, -0.15) is 0 Å². The minimum atomic E-state index is -0.639. The van der Waals surface area contributed by atoms with Gasteiger partial charge in [0.05, 0.1) is 23.3 Å². The van der Waals surface area contributed by atoms with Gasteiger partial charge in [0.15, 0.2) is 0 Å². The van der Waals surface area contributed by atoms with E-state index in [1.165, 1.54) is 0 Å². The maximum Gasteiger partial charge on any atom is 0.292 e. The van der Waals surface area contributed by atoms with Crippen LogP contribution in [0.25, 0.3) is 0 Å². The molecular formula is C23H29N3O4. The van der Waals surface area contributed by atoms with Crippen LogP contribution in [0.2, 0.25) is 0 Å². The summed E-state index contributed by atoms with van der Waals surface area (Å²) >= 11 is 0. The molecular weight excluding hydrogens is 382 g/mol. The van der Waals surface area contributed by atoms with Gasteiger partial charge in [-0.3, -0.25) is 9.59 Å². The van der Waals surface area contributed by atoms with E-state index < -0.39 is 11.5 Å². The number of benzene rings is 1. The number of hydrogen-bond acceptors (Lipinski definition) is 5. The first-order valence-corrected chi connectivity index (χ1v) is 10.6. The van der Waals surface area contributed by atoms with Crippen LogP contribution in [0.3, 0.4) is 0 Å². The van der Waals surface area contributed by atoms with Crippen LogP contribution in [0.15, 0.2) is 40.9 Å². The predicted molar refractivity (Wildman–Crippen MR) is 111 cm³/mol. The minimum absolute atomic E-state index is 0.0514. The standard InChI is InChI=1S/C23H29N3O4/c1-15(2)17-13-19(30-24-17)21(28)26-11-9-23(10-12-26)14-18(27)20(25(3)22(23)29)16-7-5-4-6-8-16/h4-8,13,15,18,20,27H,9-12,14H2,1-3H3/t18-,20+/m1/s1. The Morgan fingerprint density at radius 1 is 1.23 bits per heavy atom. The lowest BCUT2D eigenvalue weighted by molar-refractivity contribution is -0.161. The Morgan fingerprint density at radius 2 is 1.90 bits per heavy atom. The number of aromatic nitrogens is 1. The molecule has 1 N–H and O–H groups in total. The second kappa shape index (κ2) is 7.87. The van der Waals surface area contributed by atoms with E-state index in [9.17, 15) is 14.7 Å². The van der Waals surface area contributed by atoms with Crippen molar-refractivity contribution in [2.75, 3.05) is 20.1 Å². The van der Waals surface area contributed by atoms with Crippen molar-refractivity contribution in [1.29, 1.82) is 0 Å². The van der Waals surface area contributed by atoms with E-state index in [4.69, 9.17) is 4.52 Å². The summed E-state index contributed by atoms with van der Waals surface area (Å²) in [5, 5.41) is 14.9. The maximum atomic E-state index is 13.3. The van der Waals surface area contributed by atoms with Gasteiger partial charge in [-0.05, 0) is 30.7 Å². The zero-order valence-corrected chi connectivity index (χ0v) is 17.7. The van der Waals surface area contributed by atoms with Crippen molar-refractivity contribution in [1.82, 2.24) is 15.0 Å². The Balaban J connectivity index is 1.46. The summed E-state index contributed by atoms with van der Waals surface area (Å²) in [6.45, 7) is 4.91. The molecule has 2 saturated heterocycles. The van der Waals surface area contributed by atoms with Crippen LogP contribution in [0.4, 0.5) is 0 Å². The van der Waals surface area contributed by atoms with Gasteiger partial charge in [0, 0.05) is 26.2 Å². The number of amides is 2. The molecule has 0 saturated carbocycles. The van der Waals surface area contributed by atoms with Gasteiger partial charge in [-0.1, -0.05) is 49.3 Å². The molecule has 2 aliphatic rings. The summed E-state index contributed by atoms with van der Waals surface area (Å²) in [7, 11) is 1.77. The van der Waals surface area contributed by atoms with Crippen molar-refractivity contribution in [3.05, 3.63) is 53.4 Å². The number of nitrogens with zero attached hydrogens (tertiary/aromatic N) is 3. The van der Waals surface area contributed by atoms with Gasteiger partial charge in [-0.15, -0.1) is 0 Å². The highest BCUT2D eigenvalue weighted by Gasteiger charge is 2.51. The SMILES string of the molecule is CC(C)c1cc(C(=O)N2CCC3(CC2)C[C@@H](O)[C@H](c2ccccc2)N(C)C3=O)on1. The topological polar surface area (TPSA) is 86.9 Å². The summed E-state index contributed by atoms with van der Waals surface area (Å²) in [5.41, 5.74) is 1.07. The average Bonchev–Trinajstić information content (AvgIpc) is 3.24. The summed E-state index contributed by atoms with van der Waals surface area (Å²) < 4.78 is 5.24. The molecule has 2 amide bonds. The van der Waals surface area contributed by atoms with Crippen LogP contribution >= 0.6 is 0 Å². The van der Waals surface area contributed by atoms with E-state index in [2.05, 4.69) is 5.16 Å². The summed E-state index contributed by atoms with van der Waals surface area (Å²) in [5.74, 6) is 0.291. The first-order valence-electron chi connectivity index (χ1n) is 10.6. The minimum Gasteiger partial charge on any atom is -0.391 e. The van der Waals surface area contributed by atoms with E-state index in [0.717, 1.165) is 11.3 Å². The molecule has 1 spiro atoms. The number of likely N-dealkylation sites (tertiary alicyclic amines) is 2. The fourth-order valence-electron chi connectivity index (χ4n) is 4.83. The zero-order chi connectivity index (χ0) is 21.5. The molecule has 0 bridgehead atoms. The zero-order valence-electron chi connectivity index (χ0n) is 17.7. The lowest BCUT2D eigenvalue weighted by Crippen LogP contribution is -2.57. The molecule has 4 rings (SSSR count). The summed E-state index contributed by atoms with van der Waals surface area (Å²) in [6, 6.07) is 11.0. The van der Waals surface area contributed by atoms with Gasteiger partial charge in [0.25, 0.3) is 5.91 Å². The first-order chi connectivity index (χ1) is 14.3. The van der Waals surface area contributed by atoms with Gasteiger partial charge in [0.2, 0.25) is 11.7 Å². The van der Waals surface area contributed by atoms with Crippen molar-refractivity contribution in [3.63, 3.8) is 0 Å². The third-order valence-corrected chi connectivity index (χ3v) is 6.64. The lowest BCUT2D eigenvalue weighted by atomic mass is 9.68. The second-order valence-corrected chi connectivity index (χ2v) is 8.89. The van der Waals surface area contributed by atoms with Crippen LogP contribution in [0.5, 0.6) is 0 Å². The Morgan fingerprint density at radius 3 is 2.50 bits per heavy atom. The molecule has 0 aliphatic carbocycles. The smallest absolute Gasteiger partial charge is 0.292 e. The van der Waals surface area contributed by atoms with Crippen LogP contribution in [-0.2, 0) is 4.79 Å². The molecule has 160 valence electrons. The fraction of sp³-hybridized carbons (Fsp3) is 0.522. The largest absolute Gasteiger partial charge is 0.391 e. The lowest BCUT2D eigenvalue weighted by Gasteiger charge is -2.50. The van der Waals surface area contributed by atoms with Gasteiger partial charge in [0.1, 0.15) is 0 Å². The molecule has 2 atom stereocenters. The monoisotopic (exact) mass is 411 g/mol. The molecule has 7 nitrogen and oxygen atoms in total. The molecule has 3 heterocycles. The Labute approximate surface area is 176 Å². The van der Waals surface area contributed by atoms with Crippen molar-refractivity contribution < 1.29 is 19.2 Å². The Hall–Kier alpha value is -2.67. The summed E-state index contributed by atoms with van der Waals surface area (Å²) in [6.07, 6.45) is 0.842. The molecule has 2 fully saturated rings. The van der Waals surface area contributed by atoms with E-state index in [-0.39, 0.29) is 29.5 Å². The molecule has 2 aromatic rings. The molecule has 0 unspecified atom stereocenters. The second-order valence-electron chi connectivity index (χ2n) is 8.89. The number of aliphatic hydroxyl groups is 1. The van der Waals surface area contributed by atoms with Crippen molar-refractivity contribution in [2.45, 2.75) is 51.2 Å². The van der Waals surface area contributed by atoms with E-state index >= 15 is 0 Å². The molecule has 0 radical (unpaired) electrons. The van der Waals surface area contributed by atoms with Gasteiger partial charge in [-0.25, -0.2) is 0 Å². The summed E-state index contributed by atoms with van der Waals surface area (Å²) in [4.78, 5) is 29.5. The number of carbonyl (C=O) groups excluding carboxylic acids is 2. The number of hydrogen-bond donors (Lipinski definition) is 1. The van der Waals surface area contributed by atoms with Gasteiger partial charge < -0.3 is 19.4 Å². The normalized spacial score (nSPS) is 24.0. The Bertz CT molecular complexity index is 916. The van der Waals surface area contributed by atoms with Crippen LogP contribution < -0.4 is 0 Å². The Kier molecular flexibility index (Phi) is 5.40. The van der Waals surface area contributed by atoms with Crippen LogP contribution in [-0.4, -0.2) is 58.1 Å². The van der Waals surface area contributed by atoms with Gasteiger partial charge >= 0.3 is 0 Å². The molecule has 1 aromatic heterocycles. The number of aliphatic hydroxyl groups excluding tert-OH is 1. The number of rotatable bonds is 3. The van der Waals surface area contributed by atoms with E-state index in [1.807, 2.05) is 44.2 Å². The van der Waals surface area contributed by atoms with E-state index in [1.54, 1.807) is 22.9 Å². The van der Waals surface area contributed by atoms with Crippen LogP contribution in [0.1, 0.15) is 66.9 Å². The highest BCUT2D eigenvalue weighted by atomic mass is 16.5. The van der Waals surface area contributed by atoms with E-state index in [0.29, 0.717) is 32.4 Å². The highest BCUT2D eigenvalue weighted by molar-refractivity contribution is 5.92. The molecule has 7 heteroatoms. The van der Waals surface area contributed by atoms with Crippen molar-refractivity contribution in [3.8, 4) is 0 Å². The quantitative estimate of drug-likeness (QED) is 0.839. The van der Waals surface area contributed by atoms with Crippen molar-refractivity contribution >= 4 is 11.8 Å². The van der Waals surface area contributed by atoms with Crippen LogP contribution in [0, 0.1) is 5.41 Å². The number of carbonyl (C=O) groups is 2. The van der Waals surface area contributed by atoms with Crippen molar-refractivity contribution in [2.24, 2.45) is 5.41 Å². The molecule has 1 aromatic carbocycles. The average molecular weight is 412 g/mol. The molecule has 30 heavy (non-hydrogen) atoms. The number of likely N-dealkylation sites (N-methyl/N-ethyl adjacent to an activating group) is 1. The highest BCUT2D eigenvalue weighted by Crippen LogP contribution is 2.46. The third-order valence-electron chi connectivity index (χ3n) is 6.64. The third kappa shape index (κ3) is 3.51.